The second-order valence-electron chi connectivity index (χ2n) is 5.25. The molecule has 24 heavy (non-hydrogen) atoms. The van der Waals surface area contributed by atoms with Crippen LogP contribution in [0, 0.1) is 13.8 Å². The number of halogens is 1. The summed E-state index contributed by atoms with van der Waals surface area (Å²) >= 11 is 1.59. The number of ketones is 1. The Morgan fingerprint density at radius 2 is 1.92 bits per heavy atom. The van der Waals surface area contributed by atoms with Crippen LogP contribution in [0.2, 0.25) is 0 Å². The first-order chi connectivity index (χ1) is 10.9. The highest BCUT2D eigenvalue weighted by atomic mass is 35.5. The second kappa shape index (κ2) is 8.70. The van der Waals surface area contributed by atoms with Crippen LogP contribution in [0.4, 0.5) is 11.4 Å². The molecule has 5 nitrogen and oxygen atoms in total. The molecular formula is C17H21ClN2O3S. The lowest BCUT2D eigenvalue weighted by molar-refractivity contribution is -0.116. The van der Waals surface area contributed by atoms with Crippen molar-refractivity contribution in [3.8, 4) is 5.75 Å². The van der Waals surface area contributed by atoms with Crippen molar-refractivity contribution in [3.05, 3.63) is 39.6 Å². The molecule has 0 fully saturated rings. The van der Waals surface area contributed by atoms with E-state index in [1.165, 1.54) is 0 Å². The zero-order chi connectivity index (χ0) is 17.0. The Morgan fingerprint density at radius 3 is 2.50 bits per heavy atom. The molecule has 0 aliphatic rings. The van der Waals surface area contributed by atoms with Gasteiger partial charge in [-0.15, -0.1) is 23.7 Å². The number of nitrogen functional groups attached to an aromatic ring is 1. The van der Waals surface area contributed by atoms with Crippen molar-refractivity contribution in [2.24, 2.45) is 0 Å². The summed E-state index contributed by atoms with van der Waals surface area (Å²) in [5.41, 5.74) is 7.48. The molecule has 0 aliphatic carbocycles. The number of aryl methyl sites for hydroxylation is 2. The standard InChI is InChI=1S/C17H20N2O3S.ClH/c1-10-8-13(11(2)23-10)16(20)6-7-17(21)19-15-9-12(22-3)4-5-14(15)18;/h4-5,8-9H,6-7,18H2,1-3H3,(H,19,21);1H. The summed E-state index contributed by atoms with van der Waals surface area (Å²) in [5, 5.41) is 2.72. The number of hydrogen-bond acceptors (Lipinski definition) is 5. The van der Waals surface area contributed by atoms with Crippen LogP contribution in [0.25, 0.3) is 0 Å². The number of thiophene rings is 1. The number of nitrogens with one attached hydrogen (secondary N) is 1. The van der Waals surface area contributed by atoms with E-state index in [4.69, 9.17) is 10.5 Å². The Labute approximate surface area is 151 Å². The maximum atomic E-state index is 12.2. The van der Waals surface area contributed by atoms with Gasteiger partial charge in [-0.05, 0) is 32.0 Å². The van der Waals surface area contributed by atoms with E-state index >= 15 is 0 Å². The largest absolute Gasteiger partial charge is 0.497 e. The van der Waals surface area contributed by atoms with Crippen LogP contribution in [-0.2, 0) is 4.79 Å². The molecule has 0 unspecified atom stereocenters. The van der Waals surface area contributed by atoms with Crippen LogP contribution in [-0.4, -0.2) is 18.8 Å². The van der Waals surface area contributed by atoms with E-state index in [0.29, 0.717) is 22.7 Å². The van der Waals surface area contributed by atoms with Crippen LogP contribution < -0.4 is 15.8 Å². The van der Waals surface area contributed by atoms with E-state index < -0.39 is 0 Å². The fraction of sp³-hybridized carbons (Fsp3) is 0.294. The van der Waals surface area contributed by atoms with Crippen LogP contribution in [0.1, 0.15) is 33.0 Å². The minimum atomic E-state index is -0.247. The Balaban J connectivity index is 0.00000288. The quantitative estimate of drug-likeness (QED) is 0.596. The van der Waals surface area contributed by atoms with Crippen molar-refractivity contribution in [2.75, 3.05) is 18.2 Å². The molecule has 0 atom stereocenters. The molecule has 3 N–H and O–H groups in total. The third-order valence-corrected chi connectivity index (χ3v) is 4.42. The molecule has 0 saturated carbocycles. The highest BCUT2D eigenvalue weighted by Gasteiger charge is 2.14. The van der Waals surface area contributed by atoms with Gasteiger partial charge in [-0.1, -0.05) is 0 Å². The number of amides is 1. The molecule has 0 spiro atoms. The van der Waals surface area contributed by atoms with E-state index in [0.717, 1.165) is 9.75 Å². The van der Waals surface area contributed by atoms with Gasteiger partial charge in [-0.3, -0.25) is 9.59 Å². The number of benzene rings is 1. The first-order valence-corrected chi connectivity index (χ1v) is 8.06. The number of nitrogens with two attached hydrogens (primary N) is 1. The molecule has 0 saturated heterocycles. The van der Waals surface area contributed by atoms with Gasteiger partial charge in [-0.25, -0.2) is 0 Å². The fourth-order valence-corrected chi connectivity index (χ4v) is 3.20. The summed E-state index contributed by atoms with van der Waals surface area (Å²) in [6, 6.07) is 6.91. The topological polar surface area (TPSA) is 81.4 Å². The molecule has 0 radical (unpaired) electrons. The maximum absolute atomic E-state index is 12.2. The summed E-state index contributed by atoms with van der Waals surface area (Å²) in [7, 11) is 1.54. The molecule has 1 amide bonds. The minimum Gasteiger partial charge on any atom is -0.497 e. The van der Waals surface area contributed by atoms with Crippen molar-refractivity contribution in [1.82, 2.24) is 0 Å². The highest BCUT2D eigenvalue weighted by Crippen LogP contribution is 2.25. The summed E-state index contributed by atoms with van der Waals surface area (Å²) in [6.07, 6.45) is 0.288. The third kappa shape index (κ3) is 4.97. The van der Waals surface area contributed by atoms with Gasteiger partial charge in [0.1, 0.15) is 5.75 Å². The lowest BCUT2D eigenvalue weighted by atomic mass is 10.1. The third-order valence-electron chi connectivity index (χ3n) is 3.46. The van der Waals surface area contributed by atoms with Crippen molar-refractivity contribution in [1.29, 1.82) is 0 Å². The molecule has 0 bridgehead atoms. The Kier molecular flexibility index (Phi) is 7.25. The van der Waals surface area contributed by atoms with Gasteiger partial charge in [-0.2, -0.15) is 0 Å². The van der Waals surface area contributed by atoms with Crippen molar-refractivity contribution in [3.63, 3.8) is 0 Å². The number of anilines is 2. The average Bonchev–Trinajstić information content (AvgIpc) is 2.85. The van der Waals surface area contributed by atoms with Crippen molar-refractivity contribution >= 4 is 46.8 Å². The van der Waals surface area contributed by atoms with Crippen molar-refractivity contribution in [2.45, 2.75) is 26.7 Å². The molecule has 2 rings (SSSR count). The summed E-state index contributed by atoms with van der Waals surface area (Å²) in [6.45, 7) is 3.88. The highest BCUT2D eigenvalue weighted by molar-refractivity contribution is 7.12. The molecule has 7 heteroatoms. The minimum absolute atomic E-state index is 0. The summed E-state index contributed by atoms with van der Waals surface area (Å²) in [4.78, 5) is 26.3. The number of carbonyl (C=O) groups is 2. The van der Waals surface area contributed by atoms with Crippen molar-refractivity contribution < 1.29 is 14.3 Å². The zero-order valence-corrected chi connectivity index (χ0v) is 15.5. The predicted octanol–water partition coefficient (Wildman–Crippen LogP) is 3.98. The van der Waals surface area contributed by atoms with Gasteiger partial charge in [0, 0.05) is 34.2 Å². The molecule has 1 aromatic carbocycles. The molecule has 130 valence electrons. The number of ether oxygens (including phenoxy) is 1. The number of carbonyl (C=O) groups excluding carboxylic acids is 2. The number of hydrogen-bond donors (Lipinski definition) is 2. The number of rotatable bonds is 6. The van der Waals surface area contributed by atoms with Gasteiger partial charge in [0.2, 0.25) is 5.91 Å². The van der Waals surface area contributed by atoms with Crippen LogP contribution in [0.5, 0.6) is 5.75 Å². The van der Waals surface area contributed by atoms with E-state index in [9.17, 15) is 9.59 Å². The zero-order valence-electron chi connectivity index (χ0n) is 13.8. The van der Waals surface area contributed by atoms with E-state index in [-0.39, 0.29) is 36.9 Å². The van der Waals surface area contributed by atoms with Crippen LogP contribution in [0.3, 0.4) is 0 Å². The van der Waals surface area contributed by atoms with E-state index in [1.807, 2.05) is 19.9 Å². The van der Waals surface area contributed by atoms with E-state index in [1.54, 1.807) is 36.6 Å². The van der Waals surface area contributed by atoms with Gasteiger partial charge in [0.15, 0.2) is 5.78 Å². The average molecular weight is 369 g/mol. The fourth-order valence-electron chi connectivity index (χ4n) is 2.25. The second-order valence-corrected chi connectivity index (χ2v) is 6.71. The lowest BCUT2D eigenvalue weighted by Gasteiger charge is -2.09. The predicted molar refractivity (Wildman–Crippen MR) is 101 cm³/mol. The van der Waals surface area contributed by atoms with Gasteiger partial charge >= 0.3 is 0 Å². The summed E-state index contributed by atoms with van der Waals surface area (Å²) in [5.74, 6) is 0.346. The van der Waals surface area contributed by atoms with Gasteiger partial charge in [0.05, 0.1) is 18.5 Å². The monoisotopic (exact) mass is 368 g/mol. The van der Waals surface area contributed by atoms with Gasteiger partial charge in [0.25, 0.3) is 0 Å². The number of Topliss-reactive ketones (excluding diaryl/α,β-unsaturated/α-hetero) is 1. The Bertz CT molecular complexity index is 743. The molecular weight excluding hydrogens is 348 g/mol. The van der Waals surface area contributed by atoms with Gasteiger partial charge < -0.3 is 15.8 Å². The molecule has 2 aromatic rings. The maximum Gasteiger partial charge on any atom is 0.224 e. The molecule has 0 aliphatic heterocycles. The Morgan fingerprint density at radius 1 is 1.21 bits per heavy atom. The normalized spacial score (nSPS) is 9.96. The number of methoxy groups -OCH3 is 1. The smallest absolute Gasteiger partial charge is 0.224 e. The lowest BCUT2D eigenvalue weighted by Crippen LogP contribution is -2.14. The van der Waals surface area contributed by atoms with Crippen LogP contribution >= 0.6 is 23.7 Å². The van der Waals surface area contributed by atoms with Crippen LogP contribution in [0.15, 0.2) is 24.3 Å². The summed E-state index contributed by atoms with van der Waals surface area (Å²) < 4.78 is 5.10. The van der Waals surface area contributed by atoms with E-state index in [2.05, 4.69) is 5.32 Å². The first-order valence-electron chi connectivity index (χ1n) is 7.24. The SMILES string of the molecule is COc1ccc(N)c(NC(=O)CCC(=O)c2cc(C)sc2C)c1.Cl. The molecule has 1 heterocycles. The molecule has 1 aromatic heterocycles. The Hall–Kier alpha value is -2.05. The first kappa shape index (κ1) is 20.0.